The molecule has 8 atom stereocenters. The van der Waals surface area contributed by atoms with E-state index in [1.54, 1.807) is 0 Å². The summed E-state index contributed by atoms with van der Waals surface area (Å²) in [6.07, 6.45) is 8.98. The molecule has 290 valence electrons. The van der Waals surface area contributed by atoms with Crippen molar-refractivity contribution in [3.63, 3.8) is 0 Å². The van der Waals surface area contributed by atoms with Crippen LogP contribution in [0.4, 0.5) is 0 Å². The largest absolute Gasteiger partial charge is 0.472 e. The number of hydrogen-bond donors (Lipinski definition) is 9. The van der Waals surface area contributed by atoms with Crippen LogP contribution in [-0.4, -0.2) is 108 Å². The first-order chi connectivity index (χ1) is 23.3. The summed E-state index contributed by atoms with van der Waals surface area (Å²) >= 11 is 0. The van der Waals surface area contributed by atoms with Gasteiger partial charge >= 0.3 is 7.82 Å². The number of aliphatic hydroxyl groups is 7. The lowest BCUT2D eigenvalue weighted by molar-refractivity contribution is -0.220. The Balaban J connectivity index is 2.67. The minimum Gasteiger partial charge on any atom is -0.392 e. The number of nitrogens with one attached hydrogen (secondary N) is 1. The molecule has 0 saturated heterocycles. The van der Waals surface area contributed by atoms with Crippen LogP contribution in [0.1, 0.15) is 142 Å². The quantitative estimate of drug-likeness (QED) is 0.0304. The van der Waals surface area contributed by atoms with Crippen LogP contribution in [-0.2, 0) is 18.4 Å². The fourth-order valence-corrected chi connectivity index (χ4v) is 6.91. The van der Waals surface area contributed by atoms with Gasteiger partial charge in [0.25, 0.3) is 0 Å². The number of aliphatic hydroxyl groups excluding tert-OH is 7. The lowest BCUT2D eigenvalue weighted by atomic mass is 9.85. The molecule has 1 saturated carbocycles. The Bertz CT molecular complexity index is 911. The Hall–Kier alpha value is -0.960. The monoisotopic (exact) mass is 725 g/mol. The minimum atomic E-state index is -5.11. The maximum Gasteiger partial charge on any atom is 0.472 e. The number of phosphoric ester groups is 1. The van der Waals surface area contributed by atoms with E-state index >= 15 is 0 Å². The van der Waals surface area contributed by atoms with Crippen molar-refractivity contribution in [1.82, 2.24) is 5.32 Å². The van der Waals surface area contributed by atoms with E-state index in [0.717, 1.165) is 51.4 Å². The zero-order valence-corrected chi connectivity index (χ0v) is 30.8. The van der Waals surface area contributed by atoms with Gasteiger partial charge in [-0.15, -0.1) is 0 Å². The van der Waals surface area contributed by atoms with Crippen molar-refractivity contribution >= 4 is 13.7 Å². The van der Waals surface area contributed by atoms with E-state index in [0.29, 0.717) is 6.42 Å². The first-order valence-electron chi connectivity index (χ1n) is 18.7. The fourth-order valence-electron chi connectivity index (χ4n) is 5.95. The third-order valence-corrected chi connectivity index (χ3v) is 10.1. The minimum absolute atomic E-state index is 0.266. The maximum absolute atomic E-state index is 12.8. The standard InChI is InChI=1S/C35H68NO12P/c1-3-5-7-9-11-12-13-14-15-17-19-21-23-28(38)27(36-29(39)24-26(37)22-20-18-16-10-8-6-4-2)25-47-49(45,46)48-35-33(43)31(41)30(40)32(42)34(35)44/h18,20,26-28,30-35,37-38,40-44H,3-17,19,21-25H2,1-2H3,(H,36,39)(H,45,46)/b20-18-. The van der Waals surface area contributed by atoms with Crippen LogP contribution in [0.25, 0.3) is 0 Å². The first-order valence-corrected chi connectivity index (χ1v) is 20.2. The summed E-state index contributed by atoms with van der Waals surface area (Å²) in [5.41, 5.74) is 0. The van der Waals surface area contributed by atoms with Gasteiger partial charge in [-0.1, -0.05) is 122 Å². The Morgan fingerprint density at radius 2 is 1.18 bits per heavy atom. The average Bonchev–Trinajstić information content (AvgIpc) is 3.06. The second-order valence-electron chi connectivity index (χ2n) is 13.6. The van der Waals surface area contributed by atoms with Crippen LogP contribution in [0.2, 0.25) is 0 Å². The van der Waals surface area contributed by atoms with Gasteiger partial charge in [-0.25, -0.2) is 4.57 Å². The van der Waals surface area contributed by atoms with Crippen LogP contribution in [0.15, 0.2) is 12.2 Å². The van der Waals surface area contributed by atoms with Gasteiger partial charge in [-0.3, -0.25) is 13.8 Å². The number of carbonyl (C=O) groups is 1. The highest BCUT2D eigenvalue weighted by Gasteiger charge is 2.51. The molecule has 8 unspecified atom stereocenters. The number of rotatable bonds is 29. The van der Waals surface area contributed by atoms with Crippen molar-refractivity contribution in [2.75, 3.05) is 6.61 Å². The molecule has 0 aliphatic heterocycles. The Labute approximate surface area is 293 Å². The fraction of sp³-hybridized carbons (Fsp3) is 0.914. The van der Waals surface area contributed by atoms with Crippen molar-refractivity contribution < 1.29 is 59.0 Å². The third kappa shape index (κ3) is 20.0. The van der Waals surface area contributed by atoms with E-state index in [1.165, 1.54) is 51.4 Å². The number of phosphoric acid groups is 1. The molecule has 1 fully saturated rings. The van der Waals surface area contributed by atoms with Gasteiger partial charge in [0.05, 0.1) is 31.3 Å². The predicted molar refractivity (Wildman–Crippen MR) is 187 cm³/mol. The summed E-state index contributed by atoms with van der Waals surface area (Å²) in [5.74, 6) is -0.599. The molecule has 13 nitrogen and oxygen atoms in total. The van der Waals surface area contributed by atoms with E-state index in [1.807, 2.05) is 12.2 Å². The first kappa shape index (κ1) is 46.1. The molecule has 14 heteroatoms. The summed E-state index contributed by atoms with van der Waals surface area (Å²) in [5, 5.41) is 73.8. The molecular formula is C35H68NO12P. The molecule has 0 aromatic carbocycles. The SMILES string of the molecule is CCCCCC/C=C\CC(O)CC(=O)NC(COP(=O)(O)OC1C(O)C(O)C(O)C(O)C1O)C(O)CCCCCCCCCCCCCC. The van der Waals surface area contributed by atoms with Crippen molar-refractivity contribution in [1.29, 1.82) is 0 Å². The Morgan fingerprint density at radius 1 is 0.714 bits per heavy atom. The molecule has 0 radical (unpaired) electrons. The summed E-state index contributed by atoms with van der Waals surface area (Å²) in [4.78, 5) is 23.2. The van der Waals surface area contributed by atoms with Crippen LogP contribution in [0.5, 0.6) is 0 Å². The zero-order chi connectivity index (χ0) is 36.7. The molecule has 1 aliphatic rings. The average molecular weight is 726 g/mol. The van der Waals surface area contributed by atoms with Crippen LogP contribution in [0.3, 0.4) is 0 Å². The van der Waals surface area contributed by atoms with Crippen molar-refractivity contribution in [2.45, 2.75) is 197 Å². The molecule has 1 amide bonds. The van der Waals surface area contributed by atoms with Gasteiger partial charge < -0.3 is 46.0 Å². The molecule has 0 bridgehead atoms. The number of hydrogen-bond acceptors (Lipinski definition) is 11. The zero-order valence-electron chi connectivity index (χ0n) is 29.9. The molecule has 1 aliphatic carbocycles. The maximum atomic E-state index is 12.8. The molecule has 0 aromatic heterocycles. The Morgan fingerprint density at radius 3 is 1.71 bits per heavy atom. The van der Waals surface area contributed by atoms with E-state index in [4.69, 9.17) is 9.05 Å². The highest BCUT2D eigenvalue weighted by molar-refractivity contribution is 7.47. The van der Waals surface area contributed by atoms with E-state index in [9.17, 15) is 50.0 Å². The van der Waals surface area contributed by atoms with E-state index in [-0.39, 0.29) is 19.3 Å². The molecule has 0 aromatic rings. The molecular weight excluding hydrogens is 657 g/mol. The van der Waals surface area contributed by atoms with Gasteiger partial charge in [0.2, 0.25) is 5.91 Å². The van der Waals surface area contributed by atoms with Gasteiger partial charge in [-0.2, -0.15) is 0 Å². The Kier molecular flexibility index (Phi) is 25.2. The molecule has 0 heterocycles. The number of unbranched alkanes of at least 4 members (excludes halogenated alkanes) is 15. The van der Waals surface area contributed by atoms with E-state index in [2.05, 4.69) is 19.2 Å². The second-order valence-corrected chi connectivity index (χ2v) is 15.0. The lowest BCUT2D eigenvalue weighted by Gasteiger charge is -2.41. The summed E-state index contributed by atoms with van der Waals surface area (Å²) in [6, 6.07) is -1.16. The highest BCUT2D eigenvalue weighted by atomic mass is 31.2. The molecule has 1 rings (SSSR count). The summed E-state index contributed by atoms with van der Waals surface area (Å²) in [6.45, 7) is 3.65. The van der Waals surface area contributed by atoms with E-state index < -0.39 is 75.2 Å². The topological polar surface area (TPSA) is 226 Å². The molecule has 49 heavy (non-hydrogen) atoms. The van der Waals surface area contributed by atoms with Gasteiger partial charge in [0.15, 0.2) is 0 Å². The summed E-state index contributed by atoms with van der Waals surface area (Å²) < 4.78 is 22.7. The predicted octanol–water partition coefficient (Wildman–Crippen LogP) is 3.91. The number of allylic oxidation sites excluding steroid dienone is 1. The smallest absolute Gasteiger partial charge is 0.392 e. The van der Waals surface area contributed by atoms with Crippen molar-refractivity contribution in [2.24, 2.45) is 0 Å². The number of carbonyl (C=O) groups excluding carboxylic acids is 1. The van der Waals surface area contributed by atoms with Crippen molar-refractivity contribution in [3.05, 3.63) is 12.2 Å². The highest BCUT2D eigenvalue weighted by Crippen LogP contribution is 2.47. The normalized spacial score (nSPS) is 26.0. The summed E-state index contributed by atoms with van der Waals surface area (Å²) in [7, 11) is -5.11. The number of amides is 1. The van der Waals surface area contributed by atoms with Gasteiger partial charge in [0, 0.05) is 0 Å². The van der Waals surface area contributed by atoms with Crippen molar-refractivity contribution in [3.8, 4) is 0 Å². The van der Waals surface area contributed by atoms with Gasteiger partial charge in [-0.05, 0) is 25.7 Å². The van der Waals surface area contributed by atoms with Crippen LogP contribution in [0, 0.1) is 0 Å². The van der Waals surface area contributed by atoms with Crippen LogP contribution < -0.4 is 5.32 Å². The van der Waals surface area contributed by atoms with Crippen LogP contribution >= 0.6 is 7.82 Å². The molecule has 0 spiro atoms. The third-order valence-electron chi connectivity index (χ3n) is 9.13. The van der Waals surface area contributed by atoms with Gasteiger partial charge in [0.1, 0.15) is 36.6 Å². The lowest BCUT2D eigenvalue weighted by Crippen LogP contribution is -2.64. The molecule has 9 N–H and O–H groups in total. The second kappa shape index (κ2) is 26.8.